The maximum Gasteiger partial charge on any atom is 0.125 e. The van der Waals surface area contributed by atoms with Crippen LogP contribution in [0, 0.1) is 0 Å². The quantitative estimate of drug-likeness (QED) is 0.709. The minimum absolute atomic E-state index is 0.883. The molecule has 0 aliphatic rings. The van der Waals surface area contributed by atoms with Crippen LogP contribution in [0.3, 0.4) is 0 Å². The van der Waals surface area contributed by atoms with Crippen LogP contribution in [0.4, 0.5) is 5.82 Å². The van der Waals surface area contributed by atoms with Gasteiger partial charge in [-0.2, -0.15) is 0 Å². The van der Waals surface area contributed by atoms with Crippen molar-refractivity contribution in [2.75, 3.05) is 12.4 Å². The van der Waals surface area contributed by atoms with Crippen molar-refractivity contribution in [1.82, 2.24) is 4.98 Å². The van der Waals surface area contributed by atoms with Gasteiger partial charge in [0.1, 0.15) is 5.82 Å². The third-order valence-corrected chi connectivity index (χ3v) is 4.20. The molecule has 2 aromatic carbocycles. The number of pyridine rings is 1. The van der Waals surface area contributed by atoms with Gasteiger partial charge in [-0.25, -0.2) is 4.98 Å². The highest BCUT2D eigenvalue weighted by Crippen LogP contribution is 2.26. The largest absolute Gasteiger partial charge is 0.373 e. The minimum Gasteiger partial charge on any atom is -0.373 e. The molecule has 3 rings (SSSR count). The number of fused-ring (bicyclic) bond motifs is 1. The van der Waals surface area contributed by atoms with E-state index in [4.69, 9.17) is 0 Å². The average molecular weight is 280 g/mol. The first-order valence-electron chi connectivity index (χ1n) is 6.60. The zero-order valence-corrected chi connectivity index (χ0v) is 12.2. The number of nitrogens with zero attached hydrogens (tertiary/aromatic N) is 1. The van der Waals surface area contributed by atoms with Crippen molar-refractivity contribution in [2.24, 2.45) is 0 Å². The van der Waals surface area contributed by atoms with E-state index in [1.807, 2.05) is 30.9 Å². The monoisotopic (exact) mass is 280 g/mol. The molecular weight excluding hydrogens is 264 g/mol. The normalized spacial score (nSPS) is 10.7. The number of benzene rings is 2. The summed E-state index contributed by atoms with van der Waals surface area (Å²) < 4.78 is 0. The van der Waals surface area contributed by atoms with Gasteiger partial charge < -0.3 is 5.32 Å². The first-order chi connectivity index (χ1) is 9.85. The Morgan fingerprint density at radius 3 is 2.65 bits per heavy atom. The van der Waals surface area contributed by atoms with Gasteiger partial charge in [0, 0.05) is 17.7 Å². The molecule has 0 amide bonds. The lowest BCUT2D eigenvalue weighted by atomic mass is 10.1. The molecule has 1 N–H and O–H groups in total. The summed E-state index contributed by atoms with van der Waals surface area (Å²) in [6, 6.07) is 21.1. The smallest absolute Gasteiger partial charge is 0.125 e. The van der Waals surface area contributed by atoms with Gasteiger partial charge in [-0.15, -0.1) is 11.8 Å². The molecule has 0 aliphatic heterocycles. The molecule has 20 heavy (non-hydrogen) atoms. The molecule has 0 unspecified atom stereocenters. The van der Waals surface area contributed by atoms with Crippen molar-refractivity contribution in [2.45, 2.75) is 10.6 Å². The number of anilines is 1. The SMILES string of the molecule is CNc1cccc(CSc2ccc3ccccc3c2)n1. The second kappa shape index (κ2) is 5.97. The summed E-state index contributed by atoms with van der Waals surface area (Å²) in [6.45, 7) is 0. The molecule has 0 radical (unpaired) electrons. The van der Waals surface area contributed by atoms with Crippen LogP contribution in [0.5, 0.6) is 0 Å². The zero-order valence-electron chi connectivity index (χ0n) is 11.3. The van der Waals surface area contributed by atoms with Crippen molar-refractivity contribution in [3.05, 3.63) is 66.4 Å². The number of thioether (sulfide) groups is 1. The molecular formula is C17H16N2S. The van der Waals surface area contributed by atoms with Crippen molar-refractivity contribution in [3.8, 4) is 0 Å². The lowest BCUT2D eigenvalue weighted by Crippen LogP contribution is -1.94. The van der Waals surface area contributed by atoms with Crippen LogP contribution in [0.2, 0.25) is 0 Å². The van der Waals surface area contributed by atoms with E-state index in [0.29, 0.717) is 0 Å². The number of hydrogen-bond acceptors (Lipinski definition) is 3. The van der Waals surface area contributed by atoms with E-state index in [0.717, 1.165) is 17.3 Å². The molecule has 0 aliphatic carbocycles. The molecule has 0 fully saturated rings. The lowest BCUT2D eigenvalue weighted by Gasteiger charge is -2.05. The second-order valence-corrected chi connectivity index (χ2v) is 5.61. The maximum atomic E-state index is 4.54. The fourth-order valence-corrected chi connectivity index (χ4v) is 2.96. The Kier molecular flexibility index (Phi) is 3.88. The summed E-state index contributed by atoms with van der Waals surface area (Å²) in [6.07, 6.45) is 0. The van der Waals surface area contributed by atoms with E-state index in [9.17, 15) is 0 Å². The number of hydrogen-bond donors (Lipinski definition) is 1. The van der Waals surface area contributed by atoms with E-state index in [2.05, 4.69) is 58.8 Å². The summed E-state index contributed by atoms with van der Waals surface area (Å²) >= 11 is 1.82. The minimum atomic E-state index is 0.883. The Morgan fingerprint density at radius 1 is 0.950 bits per heavy atom. The van der Waals surface area contributed by atoms with E-state index < -0.39 is 0 Å². The molecule has 1 aromatic heterocycles. The van der Waals surface area contributed by atoms with E-state index in [1.165, 1.54) is 15.7 Å². The van der Waals surface area contributed by atoms with Gasteiger partial charge in [0.15, 0.2) is 0 Å². The van der Waals surface area contributed by atoms with Crippen LogP contribution in [-0.2, 0) is 5.75 Å². The second-order valence-electron chi connectivity index (χ2n) is 4.56. The highest BCUT2D eigenvalue weighted by atomic mass is 32.2. The maximum absolute atomic E-state index is 4.54. The van der Waals surface area contributed by atoms with Crippen LogP contribution in [0.25, 0.3) is 10.8 Å². The Bertz CT molecular complexity index is 725. The van der Waals surface area contributed by atoms with Gasteiger partial charge in [0.05, 0.1) is 5.69 Å². The highest BCUT2D eigenvalue weighted by Gasteiger charge is 2.00. The van der Waals surface area contributed by atoms with Gasteiger partial charge in [-0.1, -0.05) is 36.4 Å². The average Bonchev–Trinajstić information content (AvgIpc) is 2.53. The van der Waals surface area contributed by atoms with Gasteiger partial charge in [-0.3, -0.25) is 0 Å². The first kappa shape index (κ1) is 13.0. The Balaban J connectivity index is 1.76. The summed E-state index contributed by atoms with van der Waals surface area (Å²) in [5, 5.41) is 5.64. The van der Waals surface area contributed by atoms with Crippen LogP contribution >= 0.6 is 11.8 Å². The number of rotatable bonds is 4. The first-order valence-corrected chi connectivity index (χ1v) is 7.59. The summed E-state index contributed by atoms with van der Waals surface area (Å²) in [7, 11) is 1.89. The van der Waals surface area contributed by atoms with Gasteiger partial charge in [0.2, 0.25) is 0 Å². The van der Waals surface area contributed by atoms with E-state index in [1.54, 1.807) is 0 Å². The third kappa shape index (κ3) is 2.94. The molecule has 2 nitrogen and oxygen atoms in total. The Hall–Kier alpha value is -2.00. The topological polar surface area (TPSA) is 24.9 Å². The summed E-state index contributed by atoms with van der Waals surface area (Å²) in [4.78, 5) is 5.81. The van der Waals surface area contributed by atoms with Crippen LogP contribution < -0.4 is 5.32 Å². The van der Waals surface area contributed by atoms with Crippen molar-refractivity contribution in [1.29, 1.82) is 0 Å². The van der Waals surface area contributed by atoms with Gasteiger partial charge in [-0.05, 0) is 35.0 Å². The summed E-state index contributed by atoms with van der Waals surface area (Å²) in [5.41, 5.74) is 1.09. The molecule has 0 spiro atoms. The summed E-state index contributed by atoms with van der Waals surface area (Å²) in [5.74, 6) is 1.80. The Morgan fingerprint density at radius 2 is 1.80 bits per heavy atom. The molecule has 0 saturated carbocycles. The van der Waals surface area contributed by atoms with Crippen molar-refractivity contribution < 1.29 is 0 Å². The molecule has 0 atom stereocenters. The molecule has 1 heterocycles. The van der Waals surface area contributed by atoms with E-state index in [-0.39, 0.29) is 0 Å². The van der Waals surface area contributed by atoms with Crippen molar-refractivity contribution >= 4 is 28.4 Å². The van der Waals surface area contributed by atoms with Gasteiger partial charge >= 0.3 is 0 Å². The zero-order chi connectivity index (χ0) is 13.8. The predicted molar refractivity (Wildman–Crippen MR) is 87.3 cm³/mol. The number of nitrogens with one attached hydrogen (secondary N) is 1. The lowest BCUT2D eigenvalue weighted by molar-refractivity contribution is 1.16. The molecule has 0 bridgehead atoms. The third-order valence-electron chi connectivity index (χ3n) is 3.17. The van der Waals surface area contributed by atoms with E-state index >= 15 is 0 Å². The Labute approximate surface area is 123 Å². The standard InChI is InChI=1S/C17H16N2S/c1-18-17-8-4-7-15(19-17)12-20-16-10-9-13-5-2-3-6-14(13)11-16/h2-11H,12H2,1H3,(H,18,19). The number of aromatic nitrogens is 1. The predicted octanol–water partition coefficient (Wildman–Crippen LogP) is 4.57. The molecule has 0 saturated heterocycles. The molecule has 3 aromatic rings. The van der Waals surface area contributed by atoms with Crippen molar-refractivity contribution in [3.63, 3.8) is 0 Å². The van der Waals surface area contributed by atoms with Crippen LogP contribution in [0.15, 0.2) is 65.6 Å². The van der Waals surface area contributed by atoms with Gasteiger partial charge in [0.25, 0.3) is 0 Å². The molecule has 3 heteroatoms. The fourth-order valence-electron chi connectivity index (χ4n) is 2.11. The highest BCUT2D eigenvalue weighted by molar-refractivity contribution is 7.98. The fraction of sp³-hybridized carbons (Fsp3) is 0.118. The molecule has 100 valence electrons. The van der Waals surface area contributed by atoms with Crippen LogP contribution in [-0.4, -0.2) is 12.0 Å². The van der Waals surface area contributed by atoms with Crippen LogP contribution in [0.1, 0.15) is 5.69 Å².